The summed E-state index contributed by atoms with van der Waals surface area (Å²) in [5, 5.41) is 20.3. The molecule has 0 spiro atoms. The van der Waals surface area contributed by atoms with Gasteiger partial charge in [0, 0.05) is 17.1 Å². The second kappa shape index (κ2) is 4.23. The Labute approximate surface area is 92.2 Å². The van der Waals surface area contributed by atoms with Gasteiger partial charge in [0.05, 0.1) is 0 Å². The fourth-order valence-electron chi connectivity index (χ4n) is 1.37. The van der Waals surface area contributed by atoms with Crippen LogP contribution in [0.1, 0.15) is 23.2 Å². The van der Waals surface area contributed by atoms with Crippen LogP contribution in [-0.2, 0) is 0 Å². The zero-order valence-corrected chi connectivity index (χ0v) is 8.48. The number of hydrogen-bond donors (Lipinski definition) is 3. The molecule has 0 bridgehead atoms. The molecule has 0 saturated heterocycles. The van der Waals surface area contributed by atoms with Crippen LogP contribution in [0.4, 0.5) is 4.39 Å². The summed E-state index contributed by atoms with van der Waals surface area (Å²) in [6, 6.07) is 3.78. The number of halogens is 1. The Morgan fingerprint density at radius 3 is 2.62 bits per heavy atom. The topological polar surface area (TPSA) is 69.6 Å². The third-order valence-corrected chi connectivity index (χ3v) is 2.45. The first-order valence-corrected chi connectivity index (χ1v) is 5.04. The van der Waals surface area contributed by atoms with Gasteiger partial charge in [-0.05, 0) is 25.0 Å². The summed E-state index contributed by atoms with van der Waals surface area (Å²) in [5.74, 6) is -1.13. The molecule has 3 N–H and O–H groups in total. The van der Waals surface area contributed by atoms with Gasteiger partial charge in [0.15, 0.2) is 0 Å². The van der Waals surface area contributed by atoms with E-state index in [-0.39, 0.29) is 23.0 Å². The molecule has 1 aromatic rings. The lowest BCUT2D eigenvalue weighted by Gasteiger charge is -2.06. The van der Waals surface area contributed by atoms with Crippen molar-refractivity contribution in [2.24, 2.45) is 0 Å². The minimum Gasteiger partial charge on any atom is -0.423 e. The van der Waals surface area contributed by atoms with E-state index in [1.54, 1.807) is 0 Å². The standard InChI is InChI=1S/C10H11BFNO3/c12-9-5-6(1-4-8(9)11(15)16)10(14)13-7-2-3-7/h1,4-5,7,15-16H,2-3H2,(H,13,14). The summed E-state index contributed by atoms with van der Waals surface area (Å²) < 4.78 is 13.3. The normalized spacial score (nSPS) is 14.7. The van der Waals surface area contributed by atoms with Crippen molar-refractivity contribution in [3.63, 3.8) is 0 Å². The first kappa shape index (κ1) is 11.1. The molecule has 0 unspecified atom stereocenters. The predicted molar refractivity (Wildman–Crippen MR) is 56.7 cm³/mol. The molecule has 84 valence electrons. The highest BCUT2D eigenvalue weighted by Crippen LogP contribution is 2.19. The van der Waals surface area contributed by atoms with Crippen molar-refractivity contribution in [3.8, 4) is 0 Å². The second-order valence-electron chi connectivity index (χ2n) is 3.86. The number of nitrogens with one attached hydrogen (secondary N) is 1. The van der Waals surface area contributed by atoms with Gasteiger partial charge in [-0.15, -0.1) is 0 Å². The van der Waals surface area contributed by atoms with E-state index in [0.717, 1.165) is 18.9 Å². The first-order valence-electron chi connectivity index (χ1n) is 5.04. The number of rotatable bonds is 3. The van der Waals surface area contributed by atoms with Crippen molar-refractivity contribution in [1.29, 1.82) is 0 Å². The minimum absolute atomic E-state index is 0.189. The highest BCUT2D eigenvalue weighted by atomic mass is 19.1. The molecule has 1 fully saturated rings. The maximum Gasteiger partial charge on any atom is 0.491 e. The van der Waals surface area contributed by atoms with Crippen LogP contribution in [-0.4, -0.2) is 29.1 Å². The SMILES string of the molecule is O=C(NC1CC1)c1ccc(B(O)O)c(F)c1. The highest BCUT2D eigenvalue weighted by Gasteiger charge is 2.24. The van der Waals surface area contributed by atoms with Crippen LogP contribution >= 0.6 is 0 Å². The molecule has 1 aliphatic carbocycles. The largest absolute Gasteiger partial charge is 0.491 e. The fourth-order valence-corrected chi connectivity index (χ4v) is 1.37. The summed E-state index contributed by atoms with van der Waals surface area (Å²) in [5.41, 5.74) is -0.0447. The van der Waals surface area contributed by atoms with E-state index in [4.69, 9.17) is 10.0 Å². The number of carbonyl (C=O) groups is 1. The van der Waals surface area contributed by atoms with E-state index < -0.39 is 12.9 Å². The average Bonchev–Trinajstić information content (AvgIpc) is 3.00. The van der Waals surface area contributed by atoms with E-state index in [2.05, 4.69) is 5.32 Å². The van der Waals surface area contributed by atoms with Gasteiger partial charge in [-0.25, -0.2) is 4.39 Å². The Morgan fingerprint density at radius 1 is 1.44 bits per heavy atom. The maximum atomic E-state index is 13.3. The van der Waals surface area contributed by atoms with E-state index in [1.165, 1.54) is 12.1 Å². The van der Waals surface area contributed by atoms with Crippen LogP contribution in [0.3, 0.4) is 0 Å². The number of carbonyl (C=O) groups excluding carboxylic acids is 1. The van der Waals surface area contributed by atoms with Gasteiger partial charge in [-0.2, -0.15) is 0 Å². The van der Waals surface area contributed by atoms with Crippen molar-refractivity contribution >= 4 is 18.5 Å². The van der Waals surface area contributed by atoms with Crippen molar-refractivity contribution in [3.05, 3.63) is 29.6 Å². The van der Waals surface area contributed by atoms with Crippen LogP contribution in [0, 0.1) is 5.82 Å². The third kappa shape index (κ3) is 2.40. The summed E-state index contributed by atoms with van der Waals surface area (Å²) in [6.45, 7) is 0. The van der Waals surface area contributed by atoms with E-state index in [0.29, 0.717) is 0 Å². The van der Waals surface area contributed by atoms with E-state index >= 15 is 0 Å². The van der Waals surface area contributed by atoms with Gasteiger partial charge < -0.3 is 15.4 Å². The Morgan fingerprint density at radius 2 is 2.12 bits per heavy atom. The molecule has 1 amide bonds. The van der Waals surface area contributed by atoms with Gasteiger partial charge >= 0.3 is 7.12 Å². The maximum absolute atomic E-state index is 13.3. The Hall–Kier alpha value is -1.40. The van der Waals surface area contributed by atoms with Gasteiger partial charge in [0.2, 0.25) is 0 Å². The van der Waals surface area contributed by atoms with Crippen LogP contribution in [0.2, 0.25) is 0 Å². The smallest absolute Gasteiger partial charge is 0.423 e. The van der Waals surface area contributed by atoms with Crippen LogP contribution in [0.5, 0.6) is 0 Å². The summed E-state index contributed by atoms with van der Waals surface area (Å²) in [7, 11) is -1.86. The summed E-state index contributed by atoms with van der Waals surface area (Å²) in [4.78, 5) is 11.5. The molecule has 0 atom stereocenters. The fraction of sp³-hybridized carbons (Fsp3) is 0.300. The Balaban J connectivity index is 2.16. The quantitative estimate of drug-likeness (QED) is 0.599. The molecule has 1 aliphatic rings. The molecule has 1 aromatic carbocycles. The molecule has 0 aliphatic heterocycles. The molecular weight excluding hydrogens is 212 g/mol. The van der Waals surface area contributed by atoms with Crippen molar-refractivity contribution in [2.45, 2.75) is 18.9 Å². The molecule has 0 aromatic heterocycles. The Kier molecular flexibility index (Phi) is 2.94. The first-order chi connectivity index (χ1) is 7.58. The van der Waals surface area contributed by atoms with Crippen molar-refractivity contribution in [1.82, 2.24) is 5.32 Å². The molecule has 2 rings (SSSR count). The molecule has 6 heteroatoms. The lowest BCUT2D eigenvalue weighted by atomic mass is 9.79. The number of hydrogen-bond acceptors (Lipinski definition) is 3. The lowest BCUT2D eigenvalue weighted by molar-refractivity contribution is 0.0950. The third-order valence-electron chi connectivity index (χ3n) is 2.45. The van der Waals surface area contributed by atoms with E-state index in [9.17, 15) is 9.18 Å². The molecule has 0 heterocycles. The Bertz CT molecular complexity index is 421. The van der Waals surface area contributed by atoms with Crippen molar-refractivity contribution in [2.75, 3.05) is 0 Å². The molecular formula is C10H11BFNO3. The monoisotopic (exact) mass is 223 g/mol. The number of amides is 1. The van der Waals surface area contributed by atoms with Gasteiger partial charge in [0.1, 0.15) is 5.82 Å². The minimum atomic E-state index is -1.86. The number of benzene rings is 1. The van der Waals surface area contributed by atoms with Crippen LogP contribution in [0.25, 0.3) is 0 Å². The zero-order chi connectivity index (χ0) is 11.7. The van der Waals surface area contributed by atoms with Gasteiger partial charge in [-0.1, -0.05) is 6.07 Å². The molecule has 0 radical (unpaired) electrons. The molecule has 4 nitrogen and oxygen atoms in total. The van der Waals surface area contributed by atoms with Gasteiger partial charge in [-0.3, -0.25) is 4.79 Å². The highest BCUT2D eigenvalue weighted by molar-refractivity contribution is 6.58. The van der Waals surface area contributed by atoms with Crippen LogP contribution < -0.4 is 10.8 Å². The predicted octanol–water partition coefficient (Wildman–Crippen LogP) is -0.602. The average molecular weight is 223 g/mol. The van der Waals surface area contributed by atoms with E-state index in [1.807, 2.05) is 0 Å². The lowest BCUT2D eigenvalue weighted by Crippen LogP contribution is -2.33. The van der Waals surface area contributed by atoms with Crippen LogP contribution in [0.15, 0.2) is 18.2 Å². The zero-order valence-electron chi connectivity index (χ0n) is 8.48. The van der Waals surface area contributed by atoms with Gasteiger partial charge in [0.25, 0.3) is 5.91 Å². The summed E-state index contributed by atoms with van der Waals surface area (Å²) >= 11 is 0. The molecule has 16 heavy (non-hydrogen) atoms. The summed E-state index contributed by atoms with van der Waals surface area (Å²) in [6.07, 6.45) is 1.92. The van der Waals surface area contributed by atoms with Crippen molar-refractivity contribution < 1.29 is 19.2 Å². The molecule has 1 saturated carbocycles. The second-order valence-corrected chi connectivity index (χ2v) is 3.86.